The lowest BCUT2D eigenvalue weighted by atomic mass is 9.96. The normalized spacial score (nSPS) is 20.0. The summed E-state index contributed by atoms with van der Waals surface area (Å²) in [6.45, 7) is 1.66. The van der Waals surface area contributed by atoms with Crippen molar-refractivity contribution in [1.82, 2.24) is 10.2 Å². The van der Waals surface area contributed by atoms with Crippen LogP contribution in [0.2, 0.25) is 0 Å². The number of likely N-dealkylation sites (tertiary alicyclic amines) is 1. The van der Waals surface area contributed by atoms with Gasteiger partial charge < -0.3 is 21.3 Å². The first-order valence-electron chi connectivity index (χ1n) is 8.75. The molecule has 25 heavy (non-hydrogen) atoms. The summed E-state index contributed by atoms with van der Waals surface area (Å²) in [6.07, 6.45) is 3.65. The maximum Gasteiger partial charge on any atom is 0.316 e. The topological polar surface area (TPSA) is 105 Å². The fraction of sp³-hybridized carbons (Fsp3) is 0.500. The molecular formula is C18H24N4O3. The molecule has 134 valence electrons. The van der Waals surface area contributed by atoms with E-state index < -0.39 is 6.03 Å². The number of nitrogens with one attached hydrogen (secondary N) is 2. The molecule has 7 nitrogen and oxygen atoms in total. The third-order valence-electron chi connectivity index (χ3n) is 4.69. The van der Waals surface area contributed by atoms with Gasteiger partial charge in [0, 0.05) is 31.2 Å². The minimum atomic E-state index is -0.621. The van der Waals surface area contributed by atoms with Crippen molar-refractivity contribution in [3.8, 4) is 0 Å². The second kappa shape index (κ2) is 7.55. The van der Waals surface area contributed by atoms with Crippen molar-refractivity contribution in [2.45, 2.75) is 32.2 Å². The Morgan fingerprint density at radius 3 is 2.68 bits per heavy atom. The highest BCUT2D eigenvalue weighted by atomic mass is 16.2. The van der Waals surface area contributed by atoms with E-state index in [9.17, 15) is 14.4 Å². The smallest absolute Gasteiger partial charge is 0.316 e. The maximum absolute atomic E-state index is 12.4. The van der Waals surface area contributed by atoms with Crippen LogP contribution in [-0.4, -0.2) is 35.8 Å². The van der Waals surface area contributed by atoms with Crippen LogP contribution in [0.15, 0.2) is 24.3 Å². The van der Waals surface area contributed by atoms with Gasteiger partial charge in [-0.15, -0.1) is 0 Å². The van der Waals surface area contributed by atoms with E-state index >= 15 is 0 Å². The fourth-order valence-electron chi connectivity index (χ4n) is 3.21. The number of benzene rings is 1. The van der Waals surface area contributed by atoms with E-state index in [0.29, 0.717) is 18.8 Å². The molecule has 2 aliphatic rings. The molecule has 4 N–H and O–H groups in total. The van der Waals surface area contributed by atoms with Crippen LogP contribution in [0.1, 0.15) is 31.2 Å². The predicted octanol–water partition coefficient (Wildman–Crippen LogP) is 1.44. The van der Waals surface area contributed by atoms with E-state index in [1.165, 1.54) is 0 Å². The Labute approximate surface area is 146 Å². The lowest BCUT2D eigenvalue weighted by Crippen LogP contribution is -2.45. The highest BCUT2D eigenvalue weighted by Crippen LogP contribution is 2.32. The minimum Gasteiger partial charge on any atom is -0.352 e. The molecule has 1 aromatic carbocycles. The van der Waals surface area contributed by atoms with Crippen molar-refractivity contribution < 1.29 is 14.4 Å². The first-order valence-corrected chi connectivity index (χ1v) is 8.75. The number of amides is 4. The third kappa shape index (κ3) is 4.71. The molecule has 1 saturated carbocycles. The average molecular weight is 344 g/mol. The summed E-state index contributed by atoms with van der Waals surface area (Å²) in [5.74, 6) is 0.231. The van der Waals surface area contributed by atoms with Crippen LogP contribution in [0.25, 0.3) is 0 Å². The van der Waals surface area contributed by atoms with Gasteiger partial charge in [-0.3, -0.25) is 9.59 Å². The van der Waals surface area contributed by atoms with Gasteiger partial charge in [0.2, 0.25) is 11.8 Å². The van der Waals surface area contributed by atoms with E-state index in [2.05, 4.69) is 10.6 Å². The Kier molecular flexibility index (Phi) is 5.21. The van der Waals surface area contributed by atoms with E-state index in [1.54, 1.807) is 18.2 Å². The van der Waals surface area contributed by atoms with Crippen LogP contribution in [0.5, 0.6) is 0 Å². The number of nitrogens with zero attached hydrogens (tertiary/aromatic N) is 1. The number of urea groups is 1. The zero-order valence-corrected chi connectivity index (χ0v) is 14.2. The molecule has 0 bridgehead atoms. The van der Waals surface area contributed by atoms with Gasteiger partial charge in [0.25, 0.3) is 0 Å². The van der Waals surface area contributed by atoms with Crippen LogP contribution in [0, 0.1) is 11.8 Å². The number of rotatable bonds is 5. The summed E-state index contributed by atoms with van der Waals surface area (Å²) in [6, 6.07) is 6.55. The number of carbonyl (C=O) groups excluding carboxylic acids is 3. The zero-order chi connectivity index (χ0) is 17.8. The molecular weight excluding hydrogens is 320 g/mol. The Morgan fingerprint density at radius 1 is 1.16 bits per heavy atom. The molecule has 1 aromatic rings. The molecule has 4 amide bonds. The molecule has 1 saturated heterocycles. The zero-order valence-electron chi connectivity index (χ0n) is 14.2. The maximum atomic E-state index is 12.4. The third-order valence-corrected chi connectivity index (χ3v) is 4.69. The minimum absolute atomic E-state index is 0.0263. The number of primary amides is 1. The van der Waals surface area contributed by atoms with E-state index in [-0.39, 0.29) is 23.7 Å². The number of nitrogens with two attached hydrogens (primary N) is 1. The molecule has 7 heteroatoms. The number of hydrogen-bond donors (Lipinski definition) is 3. The summed E-state index contributed by atoms with van der Waals surface area (Å²) >= 11 is 0. The van der Waals surface area contributed by atoms with Crippen molar-refractivity contribution >= 4 is 23.5 Å². The van der Waals surface area contributed by atoms with Crippen molar-refractivity contribution in [2.24, 2.45) is 17.6 Å². The van der Waals surface area contributed by atoms with Crippen LogP contribution < -0.4 is 16.4 Å². The first kappa shape index (κ1) is 17.3. The number of anilines is 1. The van der Waals surface area contributed by atoms with Crippen molar-refractivity contribution in [1.29, 1.82) is 0 Å². The molecule has 2 fully saturated rings. The molecule has 0 aromatic heterocycles. The molecule has 1 atom stereocenters. The van der Waals surface area contributed by atoms with Crippen LogP contribution >= 0.6 is 0 Å². The summed E-state index contributed by atoms with van der Waals surface area (Å²) in [4.78, 5) is 37.4. The van der Waals surface area contributed by atoms with Gasteiger partial charge in [0.05, 0.1) is 5.92 Å². The standard InChI is InChI=1S/C18H24N4O3/c19-18(25)21-15-5-1-3-12(9-15)10-20-16(23)14-4-2-8-22(11-14)17(24)13-6-7-13/h1,3,5,9,13-14H,2,4,6-8,10-11H2,(H,20,23)(H3,19,21,25)/t14-/m1/s1. The lowest BCUT2D eigenvalue weighted by Gasteiger charge is -2.32. The summed E-state index contributed by atoms with van der Waals surface area (Å²) in [7, 11) is 0. The van der Waals surface area contributed by atoms with E-state index in [1.807, 2.05) is 11.0 Å². The Bertz CT molecular complexity index is 672. The predicted molar refractivity (Wildman–Crippen MR) is 93.5 cm³/mol. The molecule has 1 aliphatic heterocycles. The van der Waals surface area contributed by atoms with Crippen molar-refractivity contribution in [3.63, 3.8) is 0 Å². The fourth-order valence-corrected chi connectivity index (χ4v) is 3.21. The highest BCUT2D eigenvalue weighted by Gasteiger charge is 2.36. The molecule has 0 unspecified atom stereocenters. The lowest BCUT2D eigenvalue weighted by molar-refractivity contribution is -0.136. The van der Waals surface area contributed by atoms with Crippen LogP contribution in [0.4, 0.5) is 10.5 Å². The molecule has 1 heterocycles. The molecule has 0 spiro atoms. The average Bonchev–Trinajstić information content (AvgIpc) is 3.44. The van der Waals surface area contributed by atoms with Gasteiger partial charge in [0.15, 0.2) is 0 Å². The van der Waals surface area contributed by atoms with Gasteiger partial charge in [-0.05, 0) is 43.4 Å². The quantitative estimate of drug-likeness (QED) is 0.753. The van der Waals surface area contributed by atoms with Gasteiger partial charge >= 0.3 is 6.03 Å². The van der Waals surface area contributed by atoms with Gasteiger partial charge in [-0.1, -0.05) is 12.1 Å². The first-order chi connectivity index (χ1) is 12.0. The molecule has 0 radical (unpaired) electrons. The van der Waals surface area contributed by atoms with E-state index in [4.69, 9.17) is 5.73 Å². The Morgan fingerprint density at radius 2 is 1.96 bits per heavy atom. The Hall–Kier alpha value is -2.57. The summed E-state index contributed by atoms with van der Waals surface area (Å²) < 4.78 is 0. The monoisotopic (exact) mass is 344 g/mol. The summed E-state index contributed by atoms with van der Waals surface area (Å²) in [5.41, 5.74) is 6.58. The number of piperidine rings is 1. The number of carbonyl (C=O) groups is 3. The SMILES string of the molecule is NC(=O)Nc1cccc(CNC(=O)[C@@H]2CCCN(C(=O)C3CC3)C2)c1. The van der Waals surface area contributed by atoms with Crippen molar-refractivity contribution in [3.05, 3.63) is 29.8 Å². The van der Waals surface area contributed by atoms with E-state index in [0.717, 1.165) is 37.8 Å². The molecule has 3 rings (SSSR count). The highest BCUT2D eigenvalue weighted by molar-refractivity contribution is 5.88. The van der Waals surface area contributed by atoms with Crippen LogP contribution in [-0.2, 0) is 16.1 Å². The van der Waals surface area contributed by atoms with Crippen LogP contribution in [0.3, 0.4) is 0 Å². The van der Waals surface area contributed by atoms with Crippen molar-refractivity contribution in [2.75, 3.05) is 18.4 Å². The Balaban J connectivity index is 1.51. The van der Waals surface area contributed by atoms with Gasteiger partial charge in [0.1, 0.15) is 0 Å². The second-order valence-corrected chi connectivity index (χ2v) is 6.81. The summed E-state index contributed by atoms with van der Waals surface area (Å²) in [5, 5.41) is 5.45. The molecule has 1 aliphatic carbocycles. The van der Waals surface area contributed by atoms with Gasteiger partial charge in [-0.25, -0.2) is 4.79 Å². The van der Waals surface area contributed by atoms with Gasteiger partial charge in [-0.2, -0.15) is 0 Å². The largest absolute Gasteiger partial charge is 0.352 e. The number of hydrogen-bond acceptors (Lipinski definition) is 3. The second-order valence-electron chi connectivity index (χ2n) is 6.81.